The molecule has 0 fully saturated rings. The summed E-state index contributed by atoms with van der Waals surface area (Å²) in [5.41, 5.74) is 0. The highest BCUT2D eigenvalue weighted by molar-refractivity contribution is 8.22. The van der Waals surface area contributed by atoms with Crippen LogP contribution in [0, 0.1) is 5.92 Å². The minimum Gasteiger partial charge on any atom is -0.478 e. The summed E-state index contributed by atoms with van der Waals surface area (Å²) in [4.78, 5) is 0. The summed E-state index contributed by atoms with van der Waals surface area (Å²) in [5, 5.41) is 0. The number of ether oxygens (including phenoxy) is 2. The first-order valence-electron chi connectivity index (χ1n) is 4.15. The smallest absolute Gasteiger partial charge is 0.222 e. The molecule has 0 N–H and O–H groups in total. The topological polar surface area (TPSA) is 18.5 Å². The fourth-order valence-corrected chi connectivity index (χ4v) is 1.14. The lowest BCUT2D eigenvalue weighted by atomic mass is 10.2. The van der Waals surface area contributed by atoms with Crippen LogP contribution in [-0.4, -0.2) is 23.5 Å². The summed E-state index contributed by atoms with van der Waals surface area (Å²) < 4.78 is 11.0. The molecule has 0 rings (SSSR count). The summed E-state index contributed by atoms with van der Waals surface area (Å²) in [5.74, 6) is 1.04. The van der Waals surface area contributed by atoms with Gasteiger partial charge in [0.15, 0.2) is 0 Å². The summed E-state index contributed by atoms with van der Waals surface area (Å²) in [6, 6.07) is 0. The second-order valence-electron chi connectivity index (χ2n) is 2.88. The zero-order valence-electron chi connectivity index (χ0n) is 8.12. The zero-order chi connectivity index (χ0) is 10.1. The Bertz CT molecular complexity index is 158. The Kier molecular flexibility index (Phi) is 8.49. The van der Waals surface area contributed by atoms with Crippen molar-refractivity contribution in [2.45, 2.75) is 13.8 Å². The van der Waals surface area contributed by atoms with E-state index in [1.165, 1.54) is 11.8 Å². The third kappa shape index (κ3) is 9.86. The van der Waals surface area contributed by atoms with Crippen molar-refractivity contribution in [2.24, 2.45) is 5.92 Å². The molecule has 0 saturated carbocycles. The quantitative estimate of drug-likeness (QED) is 0.296. The van der Waals surface area contributed by atoms with Crippen LogP contribution < -0.4 is 0 Å². The van der Waals surface area contributed by atoms with Gasteiger partial charge < -0.3 is 9.47 Å². The van der Waals surface area contributed by atoms with Gasteiger partial charge in [0.05, 0.1) is 13.2 Å². The molecule has 0 atom stereocenters. The van der Waals surface area contributed by atoms with E-state index in [4.69, 9.17) is 21.7 Å². The van der Waals surface area contributed by atoms with E-state index in [-0.39, 0.29) is 0 Å². The Balaban J connectivity index is 3.25. The average molecular weight is 220 g/mol. The lowest BCUT2D eigenvalue weighted by molar-refractivity contribution is 0.216. The molecule has 0 amide bonds. The maximum Gasteiger partial charge on any atom is 0.222 e. The molecule has 0 aromatic carbocycles. The highest BCUT2D eigenvalue weighted by Crippen LogP contribution is 2.07. The summed E-state index contributed by atoms with van der Waals surface area (Å²) in [6.45, 7) is 8.94. The van der Waals surface area contributed by atoms with Crippen molar-refractivity contribution in [3.8, 4) is 0 Å². The number of thiocarbonyl (C=S) groups is 1. The molecule has 0 unspecified atom stereocenters. The number of thioether (sulfide) groups is 1. The predicted molar refractivity (Wildman–Crippen MR) is 62.0 cm³/mol. The van der Waals surface area contributed by atoms with Crippen molar-refractivity contribution >= 4 is 28.4 Å². The van der Waals surface area contributed by atoms with E-state index < -0.39 is 0 Å². The SMILES string of the molecule is C=CCOCSC(=S)OCC(C)C. The zero-order valence-corrected chi connectivity index (χ0v) is 9.75. The molecule has 4 heteroatoms. The first-order chi connectivity index (χ1) is 6.16. The molecule has 0 radical (unpaired) electrons. The van der Waals surface area contributed by atoms with Crippen molar-refractivity contribution in [3.63, 3.8) is 0 Å². The van der Waals surface area contributed by atoms with Crippen molar-refractivity contribution in [2.75, 3.05) is 19.2 Å². The molecular formula is C9H16O2S2. The maximum atomic E-state index is 5.27. The molecule has 13 heavy (non-hydrogen) atoms. The highest BCUT2D eigenvalue weighted by atomic mass is 32.2. The molecule has 0 aliphatic carbocycles. The Morgan fingerprint density at radius 2 is 2.31 bits per heavy atom. The summed E-state index contributed by atoms with van der Waals surface area (Å²) >= 11 is 6.35. The predicted octanol–water partition coefficient (Wildman–Crippen LogP) is 2.84. The molecule has 0 bridgehead atoms. The average Bonchev–Trinajstić information content (AvgIpc) is 2.09. The van der Waals surface area contributed by atoms with Gasteiger partial charge in [0.25, 0.3) is 0 Å². The normalized spacial score (nSPS) is 10.1. The van der Waals surface area contributed by atoms with Crippen LogP contribution in [0.1, 0.15) is 13.8 Å². The third-order valence-corrected chi connectivity index (χ3v) is 2.14. The van der Waals surface area contributed by atoms with Gasteiger partial charge in [-0.2, -0.15) is 0 Å². The van der Waals surface area contributed by atoms with E-state index in [1.807, 2.05) is 0 Å². The highest BCUT2D eigenvalue weighted by Gasteiger charge is 2.00. The van der Waals surface area contributed by atoms with Crippen molar-refractivity contribution in [3.05, 3.63) is 12.7 Å². The van der Waals surface area contributed by atoms with Crippen LogP contribution in [0.4, 0.5) is 0 Å². The van der Waals surface area contributed by atoms with Gasteiger partial charge in [0.1, 0.15) is 5.94 Å². The van der Waals surface area contributed by atoms with Gasteiger partial charge >= 0.3 is 0 Å². The van der Waals surface area contributed by atoms with Gasteiger partial charge in [-0.25, -0.2) is 0 Å². The van der Waals surface area contributed by atoms with Gasteiger partial charge in [-0.15, -0.1) is 6.58 Å². The Hall–Kier alpha value is -0.0600. The largest absolute Gasteiger partial charge is 0.478 e. The van der Waals surface area contributed by atoms with Gasteiger partial charge in [0, 0.05) is 0 Å². The molecule has 0 aromatic heterocycles. The van der Waals surface area contributed by atoms with Crippen LogP contribution in [0.2, 0.25) is 0 Å². The maximum absolute atomic E-state index is 5.27. The van der Waals surface area contributed by atoms with Gasteiger partial charge in [-0.05, 0) is 29.9 Å². The fourth-order valence-electron chi connectivity index (χ4n) is 0.498. The second kappa shape index (κ2) is 8.53. The van der Waals surface area contributed by atoms with E-state index in [0.29, 0.717) is 29.5 Å². The summed E-state index contributed by atoms with van der Waals surface area (Å²) in [7, 11) is 0. The van der Waals surface area contributed by atoms with E-state index in [9.17, 15) is 0 Å². The second-order valence-corrected chi connectivity index (χ2v) is 4.40. The first-order valence-corrected chi connectivity index (χ1v) is 5.54. The van der Waals surface area contributed by atoms with Crippen molar-refractivity contribution in [1.82, 2.24) is 0 Å². The van der Waals surface area contributed by atoms with Crippen molar-refractivity contribution in [1.29, 1.82) is 0 Å². The van der Waals surface area contributed by atoms with E-state index in [1.54, 1.807) is 6.08 Å². The Morgan fingerprint density at radius 3 is 2.85 bits per heavy atom. The minimum atomic E-state index is 0.507. The molecule has 2 nitrogen and oxygen atoms in total. The van der Waals surface area contributed by atoms with Crippen molar-refractivity contribution < 1.29 is 9.47 Å². The van der Waals surface area contributed by atoms with Crippen LogP contribution in [0.3, 0.4) is 0 Å². The van der Waals surface area contributed by atoms with Crippen LogP contribution in [0.5, 0.6) is 0 Å². The van der Waals surface area contributed by atoms with Crippen LogP contribution in [0.15, 0.2) is 12.7 Å². The Labute approximate surface area is 89.7 Å². The molecule has 0 aliphatic rings. The number of hydrogen-bond donors (Lipinski definition) is 0. The molecule has 0 heterocycles. The standard InChI is InChI=1S/C9H16O2S2/c1-4-5-10-7-13-9(12)11-6-8(2)3/h4,8H,1,5-7H2,2-3H3. The molecule has 0 aromatic rings. The lowest BCUT2D eigenvalue weighted by Crippen LogP contribution is -2.06. The molecule has 0 saturated heterocycles. The molecule has 76 valence electrons. The molecular weight excluding hydrogens is 204 g/mol. The van der Waals surface area contributed by atoms with Gasteiger partial charge in [-0.1, -0.05) is 19.9 Å². The van der Waals surface area contributed by atoms with Gasteiger partial charge in [0.2, 0.25) is 4.38 Å². The summed E-state index contributed by atoms with van der Waals surface area (Å²) in [6.07, 6.45) is 1.71. The van der Waals surface area contributed by atoms with Crippen LogP contribution >= 0.6 is 24.0 Å². The number of hydrogen-bond acceptors (Lipinski definition) is 4. The van der Waals surface area contributed by atoms with Crippen LogP contribution in [0.25, 0.3) is 0 Å². The first kappa shape index (κ1) is 12.9. The minimum absolute atomic E-state index is 0.507. The number of rotatable bonds is 6. The Morgan fingerprint density at radius 1 is 1.62 bits per heavy atom. The lowest BCUT2D eigenvalue weighted by Gasteiger charge is -2.08. The molecule has 0 spiro atoms. The van der Waals surface area contributed by atoms with Crippen LogP contribution in [-0.2, 0) is 9.47 Å². The third-order valence-electron chi connectivity index (χ3n) is 1.03. The van der Waals surface area contributed by atoms with E-state index in [0.717, 1.165) is 0 Å². The van der Waals surface area contributed by atoms with E-state index >= 15 is 0 Å². The van der Waals surface area contributed by atoms with Gasteiger partial charge in [-0.3, -0.25) is 0 Å². The van der Waals surface area contributed by atoms with E-state index in [2.05, 4.69) is 20.4 Å². The fraction of sp³-hybridized carbons (Fsp3) is 0.667. The molecule has 0 aliphatic heterocycles. The monoisotopic (exact) mass is 220 g/mol.